The van der Waals surface area contributed by atoms with Crippen LogP contribution in [0.4, 0.5) is 0 Å². The highest BCUT2D eigenvalue weighted by molar-refractivity contribution is 5.69. The van der Waals surface area contributed by atoms with E-state index in [0.29, 0.717) is 55.0 Å². The van der Waals surface area contributed by atoms with Gasteiger partial charge in [-0.05, 0) is 118 Å². The molecule has 0 aromatic carbocycles. The number of aliphatic hydroxyl groups is 1. The Morgan fingerprint density at radius 2 is 1.76 bits per heavy atom. The lowest BCUT2D eigenvalue weighted by Gasteiger charge is -2.64. The Morgan fingerprint density at radius 1 is 0.976 bits per heavy atom. The lowest BCUT2D eigenvalue weighted by atomic mass is 9.43. The van der Waals surface area contributed by atoms with Gasteiger partial charge in [-0.3, -0.25) is 4.79 Å². The monoisotopic (exact) mass is 578 g/mol. The molecule has 7 heteroatoms. The van der Waals surface area contributed by atoms with E-state index in [0.717, 1.165) is 77.4 Å². The zero-order chi connectivity index (χ0) is 29.6. The molecular formula is C34H62N2O5. The second-order valence-electron chi connectivity index (χ2n) is 14.5. The number of hydrogen-bond acceptors (Lipinski definition) is 7. The first-order valence-corrected chi connectivity index (χ1v) is 17.2. The van der Waals surface area contributed by atoms with E-state index < -0.39 is 0 Å². The quantitative estimate of drug-likeness (QED) is 0.175. The molecule has 0 aliphatic heterocycles. The van der Waals surface area contributed by atoms with Crippen molar-refractivity contribution in [3.05, 3.63) is 0 Å². The molecule has 0 heterocycles. The van der Waals surface area contributed by atoms with Gasteiger partial charge >= 0.3 is 5.97 Å². The average molecular weight is 579 g/mol. The molecule has 0 spiro atoms. The van der Waals surface area contributed by atoms with E-state index >= 15 is 0 Å². The molecule has 0 bridgehead atoms. The smallest absolute Gasteiger partial charge is 0.307 e. The number of hydrogen-bond donors (Lipinski definition) is 3. The minimum absolute atomic E-state index is 0.00587. The lowest BCUT2D eigenvalue weighted by molar-refractivity contribution is -0.227. The molecule has 5 N–H and O–H groups in total. The number of ether oxygens (including phenoxy) is 3. The highest BCUT2D eigenvalue weighted by atomic mass is 16.5. The number of aliphatic hydroxyl groups excluding tert-OH is 1. The van der Waals surface area contributed by atoms with Gasteiger partial charge in [-0.25, -0.2) is 0 Å². The van der Waals surface area contributed by atoms with Crippen molar-refractivity contribution in [1.82, 2.24) is 0 Å². The van der Waals surface area contributed by atoms with Crippen LogP contribution >= 0.6 is 0 Å². The van der Waals surface area contributed by atoms with Gasteiger partial charge in [0.05, 0.1) is 18.6 Å². The molecular weight excluding hydrogens is 516 g/mol. The molecule has 0 amide bonds. The fourth-order valence-corrected chi connectivity index (χ4v) is 10.3. The van der Waals surface area contributed by atoms with Gasteiger partial charge in [0.25, 0.3) is 0 Å². The fourth-order valence-electron chi connectivity index (χ4n) is 10.3. The number of fused-ring (bicyclic) bond motifs is 5. The number of carbonyl (C=O) groups excluding carboxylic acids is 1. The third-order valence-corrected chi connectivity index (χ3v) is 12.4. The number of unbranched alkanes of at least 4 members (excludes halogenated alkanes) is 1. The number of nitrogens with two attached hydrogens (primary N) is 2. The standard InChI is InChI=1S/C34H62N2O5/c1-5-6-18-39-29-21-24-20-25(41-31(38)13-16-36)12-14-33(24,3)28-22-30(40-19-8-15-35)34(4)26(23(2)9-7-17-37)10-11-27(34)32(28)29/h23-30,32,37H,5-22,35-36H2,1-4H3/t23-,24+,25-,26-,27+,28+,29-,30+,32+,33+,34-/m1/s1. The van der Waals surface area contributed by atoms with Crippen LogP contribution in [-0.4, -0.2) is 62.3 Å². The number of esters is 1. The summed E-state index contributed by atoms with van der Waals surface area (Å²) >= 11 is 0. The summed E-state index contributed by atoms with van der Waals surface area (Å²) in [4.78, 5) is 12.3. The first-order chi connectivity index (χ1) is 19.7. The maximum absolute atomic E-state index is 12.3. The van der Waals surface area contributed by atoms with Gasteiger partial charge in [-0.15, -0.1) is 0 Å². The summed E-state index contributed by atoms with van der Waals surface area (Å²) in [6.07, 6.45) is 13.5. The molecule has 0 unspecified atom stereocenters. The number of rotatable bonds is 15. The lowest BCUT2D eigenvalue weighted by Crippen LogP contribution is -2.63. The zero-order valence-electron chi connectivity index (χ0n) is 26.7. The van der Waals surface area contributed by atoms with Crippen molar-refractivity contribution in [2.45, 2.75) is 129 Å². The second kappa shape index (κ2) is 14.8. The van der Waals surface area contributed by atoms with Gasteiger partial charge < -0.3 is 30.8 Å². The molecule has 4 fully saturated rings. The summed E-state index contributed by atoms with van der Waals surface area (Å²) in [6.45, 7) is 12.6. The van der Waals surface area contributed by atoms with Crippen molar-refractivity contribution in [2.75, 3.05) is 32.9 Å². The predicted molar refractivity (Wildman–Crippen MR) is 163 cm³/mol. The Labute approximate surface area is 250 Å². The van der Waals surface area contributed by atoms with Gasteiger partial charge in [-0.2, -0.15) is 0 Å². The first kappa shape index (κ1) is 33.2. The topological polar surface area (TPSA) is 117 Å². The van der Waals surface area contributed by atoms with Crippen LogP contribution in [0.3, 0.4) is 0 Å². The molecule has 7 nitrogen and oxygen atoms in total. The molecule has 11 atom stereocenters. The minimum Gasteiger partial charge on any atom is -0.462 e. The molecule has 4 aliphatic carbocycles. The van der Waals surface area contributed by atoms with Crippen LogP contribution in [0.2, 0.25) is 0 Å². The van der Waals surface area contributed by atoms with Gasteiger partial charge in [0.2, 0.25) is 0 Å². The summed E-state index contributed by atoms with van der Waals surface area (Å²) in [5.41, 5.74) is 11.8. The maximum atomic E-state index is 12.3. The first-order valence-electron chi connectivity index (χ1n) is 17.2. The van der Waals surface area contributed by atoms with E-state index in [-0.39, 0.29) is 41.7 Å². The van der Waals surface area contributed by atoms with Crippen molar-refractivity contribution in [2.24, 2.45) is 57.8 Å². The Kier molecular flexibility index (Phi) is 12.0. The van der Waals surface area contributed by atoms with Crippen LogP contribution in [0.5, 0.6) is 0 Å². The molecule has 0 aromatic rings. The minimum atomic E-state index is -0.153. The van der Waals surface area contributed by atoms with Crippen LogP contribution in [0, 0.1) is 46.3 Å². The molecule has 4 saturated carbocycles. The van der Waals surface area contributed by atoms with E-state index in [9.17, 15) is 9.90 Å². The van der Waals surface area contributed by atoms with Gasteiger partial charge in [0.15, 0.2) is 0 Å². The third kappa shape index (κ3) is 6.84. The highest BCUT2D eigenvalue weighted by Crippen LogP contribution is 2.69. The average Bonchev–Trinajstić information content (AvgIpc) is 3.31. The van der Waals surface area contributed by atoms with Crippen molar-refractivity contribution < 1.29 is 24.1 Å². The van der Waals surface area contributed by atoms with E-state index in [1.54, 1.807) is 0 Å². The molecule has 0 saturated heterocycles. The largest absolute Gasteiger partial charge is 0.462 e. The number of carbonyl (C=O) groups is 1. The van der Waals surface area contributed by atoms with E-state index in [2.05, 4.69) is 27.7 Å². The van der Waals surface area contributed by atoms with Crippen LogP contribution in [0.1, 0.15) is 111 Å². The molecule has 41 heavy (non-hydrogen) atoms. The fraction of sp³-hybridized carbons (Fsp3) is 0.971. The molecule has 238 valence electrons. The third-order valence-electron chi connectivity index (χ3n) is 12.4. The summed E-state index contributed by atoms with van der Waals surface area (Å²) in [5, 5.41) is 9.59. The molecule has 4 aliphatic rings. The Bertz CT molecular complexity index is 827. The van der Waals surface area contributed by atoms with E-state index in [1.807, 2.05) is 0 Å². The van der Waals surface area contributed by atoms with Gasteiger partial charge in [0, 0.05) is 31.8 Å². The Morgan fingerprint density at radius 3 is 2.46 bits per heavy atom. The van der Waals surface area contributed by atoms with Crippen LogP contribution in [-0.2, 0) is 19.0 Å². The Hall–Kier alpha value is -0.730. The van der Waals surface area contributed by atoms with Gasteiger partial charge in [0.1, 0.15) is 6.10 Å². The molecule has 0 radical (unpaired) electrons. The van der Waals surface area contributed by atoms with Crippen molar-refractivity contribution in [3.8, 4) is 0 Å². The summed E-state index contributed by atoms with van der Waals surface area (Å²) in [6, 6.07) is 0. The Balaban J connectivity index is 1.65. The normalized spacial score (nSPS) is 40.9. The van der Waals surface area contributed by atoms with Crippen molar-refractivity contribution >= 4 is 5.97 Å². The predicted octanol–water partition coefficient (Wildman–Crippen LogP) is 5.45. The van der Waals surface area contributed by atoms with E-state index in [4.69, 9.17) is 25.7 Å². The van der Waals surface area contributed by atoms with Crippen molar-refractivity contribution in [1.29, 1.82) is 0 Å². The van der Waals surface area contributed by atoms with Crippen molar-refractivity contribution in [3.63, 3.8) is 0 Å². The van der Waals surface area contributed by atoms with Gasteiger partial charge in [-0.1, -0.05) is 34.1 Å². The van der Waals surface area contributed by atoms with Crippen LogP contribution in [0.25, 0.3) is 0 Å². The van der Waals surface area contributed by atoms with Crippen LogP contribution < -0.4 is 11.5 Å². The maximum Gasteiger partial charge on any atom is 0.307 e. The van der Waals surface area contributed by atoms with E-state index in [1.165, 1.54) is 12.8 Å². The summed E-state index contributed by atoms with van der Waals surface area (Å²) in [5.74, 6) is 3.16. The zero-order valence-corrected chi connectivity index (χ0v) is 26.7. The van der Waals surface area contributed by atoms with Crippen LogP contribution in [0.15, 0.2) is 0 Å². The highest BCUT2D eigenvalue weighted by Gasteiger charge is 2.66. The molecule has 4 rings (SSSR count). The molecule has 0 aromatic heterocycles. The SMILES string of the molecule is CCCCO[C@@H]1C[C@@H]2C[C@H](OC(=O)CCN)CC[C@]2(C)[C@H]2C[C@H](OCCCN)[C@]3(C)[C@@H]([C@H](C)CCCO)CC[C@H]3[C@H]12. The summed E-state index contributed by atoms with van der Waals surface area (Å²) < 4.78 is 19.7. The second-order valence-corrected chi connectivity index (χ2v) is 14.5. The summed E-state index contributed by atoms with van der Waals surface area (Å²) in [7, 11) is 0.